The van der Waals surface area contributed by atoms with E-state index < -0.39 is 10.0 Å². The Morgan fingerprint density at radius 3 is 2.38 bits per heavy atom. The zero-order chi connectivity index (χ0) is 18.7. The van der Waals surface area contributed by atoms with E-state index in [-0.39, 0.29) is 17.6 Å². The molecule has 7 heteroatoms. The number of hydrogen-bond acceptors (Lipinski definition) is 3. The Labute approximate surface area is 161 Å². The zero-order valence-electron chi connectivity index (χ0n) is 15.2. The van der Waals surface area contributed by atoms with Crippen molar-refractivity contribution in [2.24, 2.45) is 11.8 Å². The molecule has 0 radical (unpaired) electrons. The predicted molar refractivity (Wildman–Crippen MR) is 103 cm³/mol. The summed E-state index contributed by atoms with van der Waals surface area (Å²) in [4.78, 5) is 14.7. The Kier molecular flexibility index (Phi) is 6.25. The highest BCUT2D eigenvalue weighted by Crippen LogP contribution is 2.26. The number of piperidine rings is 2. The molecule has 0 N–H and O–H groups in total. The smallest absolute Gasteiger partial charge is 0.225 e. The highest BCUT2D eigenvalue weighted by Gasteiger charge is 2.33. The van der Waals surface area contributed by atoms with Crippen molar-refractivity contribution >= 4 is 27.5 Å². The molecule has 2 saturated heterocycles. The van der Waals surface area contributed by atoms with Crippen LogP contribution in [0.5, 0.6) is 0 Å². The number of likely N-dealkylation sites (tertiary alicyclic amines) is 1. The zero-order valence-corrected chi connectivity index (χ0v) is 16.8. The van der Waals surface area contributed by atoms with Gasteiger partial charge >= 0.3 is 0 Å². The van der Waals surface area contributed by atoms with E-state index in [2.05, 4.69) is 6.92 Å². The Hall–Kier alpha value is -1.11. The van der Waals surface area contributed by atoms with Crippen molar-refractivity contribution in [1.82, 2.24) is 9.21 Å². The Morgan fingerprint density at radius 1 is 1.12 bits per heavy atom. The van der Waals surface area contributed by atoms with Crippen molar-refractivity contribution in [3.63, 3.8) is 0 Å². The lowest BCUT2D eigenvalue weighted by molar-refractivity contribution is -0.138. The van der Waals surface area contributed by atoms with Crippen LogP contribution in [0.15, 0.2) is 24.3 Å². The molecule has 26 heavy (non-hydrogen) atoms. The lowest BCUT2D eigenvalue weighted by Gasteiger charge is -2.36. The molecular formula is C19H27ClN2O3S. The van der Waals surface area contributed by atoms with Crippen LogP contribution < -0.4 is 0 Å². The van der Waals surface area contributed by atoms with Crippen molar-refractivity contribution in [2.75, 3.05) is 26.2 Å². The normalized spacial score (nSPS) is 21.1. The number of hydrogen-bond donors (Lipinski definition) is 0. The van der Waals surface area contributed by atoms with Crippen LogP contribution in [0.3, 0.4) is 0 Å². The molecule has 5 nitrogen and oxygen atoms in total. The molecule has 1 aromatic carbocycles. The monoisotopic (exact) mass is 398 g/mol. The Balaban J connectivity index is 1.55. The number of nitrogens with zero attached hydrogens (tertiary/aromatic N) is 2. The molecule has 0 bridgehead atoms. The van der Waals surface area contributed by atoms with Gasteiger partial charge in [-0.05, 0) is 49.3 Å². The molecule has 0 atom stereocenters. The number of amides is 1. The number of benzene rings is 1. The van der Waals surface area contributed by atoms with E-state index in [1.807, 2.05) is 4.90 Å². The second kappa shape index (κ2) is 8.28. The van der Waals surface area contributed by atoms with Gasteiger partial charge in [-0.25, -0.2) is 12.7 Å². The number of carbonyl (C=O) groups is 1. The molecule has 2 fully saturated rings. The van der Waals surface area contributed by atoms with Crippen LogP contribution in [0.4, 0.5) is 0 Å². The van der Waals surface area contributed by atoms with E-state index in [9.17, 15) is 13.2 Å². The van der Waals surface area contributed by atoms with Gasteiger partial charge in [0.25, 0.3) is 0 Å². The van der Waals surface area contributed by atoms with Crippen molar-refractivity contribution in [3.05, 3.63) is 34.9 Å². The third-order valence-electron chi connectivity index (χ3n) is 5.53. The van der Waals surface area contributed by atoms with Crippen molar-refractivity contribution in [3.8, 4) is 0 Å². The van der Waals surface area contributed by atoms with Gasteiger partial charge in [0, 0.05) is 37.1 Å². The molecule has 0 spiro atoms. The summed E-state index contributed by atoms with van der Waals surface area (Å²) < 4.78 is 26.9. The first kappa shape index (κ1) is 19.6. The fourth-order valence-corrected chi connectivity index (χ4v) is 5.56. The molecule has 1 aromatic rings. The van der Waals surface area contributed by atoms with E-state index in [0.29, 0.717) is 42.4 Å². The van der Waals surface area contributed by atoms with E-state index in [1.54, 1.807) is 24.3 Å². The van der Waals surface area contributed by atoms with Crippen LogP contribution in [0.2, 0.25) is 5.02 Å². The summed E-state index contributed by atoms with van der Waals surface area (Å²) in [6.45, 7) is 4.75. The van der Waals surface area contributed by atoms with Gasteiger partial charge in [0.15, 0.2) is 0 Å². The van der Waals surface area contributed by atoms with Crippen molar-refractivity contribution in [1.29, 1.82) is 0 Å². The largest absolute Gasteiger partial charge is 0.342 e. The summed E-state index contributed by atoms with van der Waals surface area (Å²) in [5, 5.41) is 0.540. The Bertz CT molecular complexity index is 737. The van der Waals surface area contributed by atoms with Crippen LogP contribution in [0, 0.1) is 11.8 Å². The summed E-state index contributed by atoms with van der Waals surface area (Å²) >= 11 is 5.95. The van der Waals surface area contributed by atoms with Gasteiger partial charge in [0.2, 0.25) is 15.9 Å². The highest BCUT2D eigenvalue weighted by atomic mass is 35.5. The molecule has 0 saturated carbocycles. The standard InChI is InChI=1S/C19H27ClN2O3S/c1-15-5-9-21(10-6-15)19(23)17-7-11-22(12-8-17)26(24,25)14-16-3-2-4-18(20)13-16/h2-4,13,15,17H,5-12,14H2,1H3. The van der Waals surface area contributed by atoms with Crippen LogP contribution in [0.1, 0.15) is 38.2 Å². The topological polar surface area (TPSA) is 57.7 Å². The third kappa shape index (κ3) is 4.78. The summed E-state index contributed by atoms with van der Waals surface area (Å²) in [6, 6.07) is 6.96. The molecule has 0 aliphatic carbocycles. The van der Waals surface area contributed by atoms with Gasteiger partial charge in [0.05, 0.1) is 5.75 Å². The summed E-state index contributed by atoms with van der Waals surface area (Å²) in [5.41, 5.74) is 0.693. The minimum absolute atomic E-state index is 0.0407. The fraction of sp³-hybridized carbons (Fsp3) is 0.632. The van der Waals surface area contributed by atoms with Crippen LogP contribution in [0.25, 0.3) is 0 Å². The molecule has 2 aliphatic heterocycles. The number of halogens is 1. The SMILES string of the molecule is CC1CCN(C(=O)C2CCN(S(=O)(=O)Cc3cccc(Cl)c3)CC2)CC1. The van der Waals surface area contributed by atoms with E-state index in [0.717, 1.165) is 25.9 Å². The van der Waals surface area contributed by atoms with Crippen molar-refractivity contribution in [2.45, 2.75) is 38.4 Å². The molecule has 1 amide bonds. The van der Waals surface area contributed by atoms with Gasteiger partial charge in [-0.2, -0.15) is 0 Å². The molecule has 2 aliphatic rings. The second-order valence-corrected chi connectivity index (χ2v) is 9.97. The first-order valence-corrected chi connectivity index (χ1v) is 11.3. The lowest BCUT2D eigenvalue weighted by Crippen LogP contribution is -2.46. The number of rotatable bonds is 4. The second-order valence-electron chi connectivity index (χ2n) is 7.57. The summed E-state index contributed by atoms with van der Waals surface area (Å²) in [7, 11) is -3.38. The van der Waals surface area contributed by atoms with Gasteiger partial charge in [0.1, 0.15) is 0 Å². The van der Waals surface area contributed by atoms with Crippen LogP contribution in [-0.2, 0) is 20.6 Å². The fourth-order valence-electron chi connectivity index (χ4n) is 3.80. The quantitative estimate of drug-likeness (QED) is 0.782. The Morgan fingerprint density at radius 2 is 1.77 bits per heavy atom. The molecule has 2 heterocycles. The predicted octanol–water partition coefficient (Wildman–Crippen LogP) is 3.14. The van der Waals surface area contributed by atoms with Crippen molar-refractivity contribution < 1.29 is 13.2 Å². The van der Waals surface area contributed by atoms with E-state index in [1.165, 1.54) is 4.31 Å². The minimum atomic E-state index is -3.38. The summed E-state index contributed by atoms with van der Waals surface area (Å²) in [6.07, 6.45) is 3.36. The molecule has 0 unspecified atom stereocenters. The van der Waals surface area contributed by atoms with Gasteiger partial charge in [-0.15, -0.1) is 0 Å². The molecule has 144 valence electrons. The number of sulfonamides is 1. The third-order valence-corrected chi connectivity index (χ3v) is 7.62. The highest BCUT2D eigenvalue weighted by molar-refractivity contribution is 7.88. The maximum absolute atomic E-state index is 12.7. The molecule has 3 rings (SSSR count). The minimum Gasteiger partial charge on any atom is -0.342 e. The average Bonchev–Trinajstić information content (AvgIpc) is 2.61. The first-order chi connectivity index (χ1) is 12.3. The molecular weight excluding hydrogens is 372 g/mol. The molecule has 0 aromatic heterocycles. The first-order valence-electron chi connectivity index (χ1n) is 9.36. The van der Waals surface area contributed by atoms with Crippen LogP contribution in [-0.4, -0.2) is 49.7 Å². The van der Waals surface area contributed by atoms with Gasteiger partial charge < -0.3 is 4.90 Å². The lowest BCUT2D eigenvalue weighted by atomic mass is 9.93. The summed E-state index contributed by atoms with van der Waals surface area (Å²) in [5.74, 6) is 0.818. The van der Waals surface area contributed by atoms with E-state index in [4.69, 9.17) is 11.6 Å². The maximum Gasteiger partial charge on any atom is 0.225 e. The van der Waals surface area contributed by atoms with E-state index >= 15 is 0 Å². The van der Waals surface area contributed by atoms with Gasteiger partial charge in [-0.3, -0.25) is 4.79 Å². The van der Waals surface area contributed by atoms with Crippen LogP contribution >= 0.6 is 11.6 Å². The number of carbonyl (C=O) groups excluding carboxylic acids is 1. The maximum atomic E-state index is 12.7. The van der Waals surface area contributed by atoms with Gasteiger partial charge in [-0.1, -0.05) is 30.7 Å². The average molecular weight is 399 g/mol.